The van der Waals surface area contributed by atoms with Crippen LogP contribution < -0.4 is 0 Å². The molecule has 4 saturated carbocycles. The minimum Gasteiger partial charge on any atom is -0.458 e. The third kappa shape index (κ3) is 3.20. The Morgan fingerprint density at radius 3 is 2.47 bits per heavy atom. The zero-order chi connectivity index (χ0) is 22.7. The first kappa shape index (κ1) is 21.9. The number of fused-ring (bicyclic) bond motifs is 5. The zero-order valence-electron chi connectivity index (χ0n) is 19.6. The number of benzene rings is 1. The van der Waals surface area contributed by atoms with Crippen molar-refractivity contribution in [3.05, 3.63) is 35.9 Å². The van der Waals surface area contributed by atoms with Gasteiger partial charge < -0.3 is 4.74 Å². The van der Waals surface area contributed by atoms with E-state index in [9.17, 15) is 14.4 Å². The quantitative estimate of drug-likeness (QED) is 0.576. The van der Waals surface area contributed by atoms with E-state index in [-0.39, 0.29) is 34.6 Å². The fourth-order valence-electron chi connectivity index (χ4n) is 8.59. The number of carbonyl (C=O) groups excluding carboxylic acids is 3. The van der Waals surface area contributed by atoms with Crippen molar-refractivity contribution in [3.8, 4) is 0 Å². The number of carbonyl (C=O) groups is 3. The molecule has 172 valence electrons. The smallest absolute Gasteiger partial charge is 0.338 e. The molecule has 0 aliphatic heterocycles. The molecule has 1 aromatic carbocycles. The molecule has 4 heteroatoms. The van der Waals surface area contributed by atoms with Crippen molar-refractivity contribution in [2.45, 2.75) is 78.2 Å². The summed E-state index contributed by atoms with van der Waals surface area (Å²) in [5.74, 6) is 2.19. The molecule has 4 aliphatic rings. The van der Waals surface area contributed by atoms with E-state index in [4.69, 9.17) is 4.74 Å². The molecule has 0 amide bonds. The zero-order valence-corrected chi connectivity index (χ0v) is 19.6. The van der Waals surface area contributed by atoms with Gasteiger partial charge in [0.15, 0.2) is 0 Å². The standard InChI is InChI=1S/C28H36O4/c1-17(29)22-11-12-23-21-10-9-19-15-20(30)13-14-27(19,2)24(21)16-25(28(22,23)3)32-26(31)18-7-5-4-6-8-18/h4-8,19,21-25H,9-16H2,1-3H3/t19-,21+,22-,23+,24+,25+,27-,28-/m0/s1. The lowest BCUT2D eigenvalue weighted by Crippen LogP contribution is -2.59. The molecule has 8 atom stereocenters. The fourth-order valence-corrected chi connectivity index (χ4v) is 8.59. The Morgan fingerprint density at radius 2 is 1.75 bits per heavy atom. The molecule has 5 rings (SSSR count). The normalized spacial score (nSPS) is 43.0. The number of ketones is 2. The van der Waals surface area contributed by atoms with Crippen LogP contribution in [0.15, 0.2) is 30.3 Å². The van der Waals surface area contributed by atoms with Crippen molar-refractivity contribution in [3.63, 3.8) is 0 Å². The maximum atomic E-state index is 13.1. The fraction of sp³-hybridized carbons (Fsp3) is 0.679. The van der Waals surface area contributed by atoms with Crippen molar-refractivity contribution < 1.29 is 19.1 Å². The number of rotatable bonds is 3. The number of hydrogen-bond donors (Lipinski definition) is 0. The number of ether oxygens (including phenoxy) is 1. The molecule has 0 N–H and O–H groups in total. The highest BCUT2D eigenvalue weighted by Crippen LogP contribution is 2.67. The van der Waals surface area contributed by atoms with Gasteiger partial charge in [0, 0.05) is 24.2 Å². The van der Waals surface area contributed by atoms with Gasteiger partial charge in [0.25, 0.3) is 0 Å². The van der Waals surface area contributed by atoms with Gasteiger partial charge >= 0.3 is 5.97 Å². The lowest BCUT2D eigenvalue weighted by Gasteiger charge is -2.61. The lowest BCUT2D eigenvalue weighted by molar-refractivity contribution is -0.171. The second kappa shape index (κ2) is 7.81. The predicted octanol–water partition coefficient (Wildman–Crippen LogP) is 5.64. The average molecular weight is 437 g/mol. The molecular weight excluding hydrogens is 400 g/mol. The minimum absolute atomic E-state index is 0.0412. The van der Waals surface area contributed by atoms with Gasteiger partial charge in [-0.1, -0.05) is 32.0 Å². The van der Waals surface area contributed by atoms with Crippen LogP contribution in [0.25, 0.3) is 0 Å². The first-order valence-corrected chi connectivity index (χ1v) is 12.5. The van der Waals surface area contributed by atoms with E-state index in [2.05, 4.69) is 13.8 Å². The monoisotopic (exact) mass is 436 g/mol. The Labute approximate surface area is 191 Å². The largest absolute Gasteiger partial charge is 0.458 e. The molecule has 1 aromatic rings. The van der Waals surface area contributed by atoms with Crippen LogP contribution in [0.2, 0.25) is 0 Å². The highest BCUT2D eigenvalue weighted by molar-refractivity contribution is 5.89. The second-order valence-electron chi connectivity index (χ2n) is 11.5. The van der Waals surface area contributed by atoms with Crippen molar-refractivity contribution in [2.75, 3.05) is 0 Å². The third-order valence-electron chi connectivity index (χ3n) is 10.3. The van der Waals surface area contributed by atoms with Gasteiger partial charge in [0.1, 0.15) is 17.7 Å². The van der Waals surface area contributed by atoms with Crippen LogP contribution in [0.1, 0.15) is 82.5 Å². The van der Waals surface area contributed by atoms with Crippen LogP contribution in [-0.4, -0.2) is 23.6 Å². The summed E-state index contributed by atoms with van der Waals surface area (Å²) in [5.41, 5.74) is 0.401. The van der Waals surface area contributed by atoms with Gasteiger partial charge in [-0.05, 0) is 86.7 Å². The molecular formula is C28H36O4. The van der Waals surface area contributed by atoms with Crippen LogP contribution in [0.3, 0.4) is 0 Å². The SMILES string of the molecule is CC(=O)[C@@H]1CC[C@@H]2[C@H]3CC[C@H]4CC(=O)CC[C@]4(C)[C@@H]3C[C@@H](OC(=O)c3ccccc3)[C@]21C. The van der Waals surface area contributed by atoms with Crippen molar-refractivity contribution in [2.24, 2.45) is 40.4 Å². The molecule has 0 spiro atoms. The molecule has 0 unspecified atom stereocenters. The topological polar surface area (TPSA) is 60.4 Å². The molecule has 0 heterocycles. The van der Waals surface area contributed by atoms with Crippen molar-refractivity contribution >= 4 is 17.5 Å². The van der Waals surface area contributed by atoms with Crippen molar-refractivity contribution in [1.29, 1.82) is 0 Å². The summed E-state index contributed by atoms with van der Waals surface area (Å²) < 4.78 is 6.31. The van der Waals surface area contributed by atoms with E-state index in [0.717, 1.165) is 38.5 Å². The number of Topliss-reactive ketones (excluding diaryl/α,β-unsaturated/α-hetero) is 2. The molecule has 0 aromatic heterocycles. The number of esters is 1. The van der Waals surface area contributed by atoms with Crippen LogP contribution >= 0.6 is 0 Å². The molecule has 0 radical (unpaired) electrons. The maximum Gasteiger partial charge on any atom is 0.338 e. The Hall–Kier alpha value is -1.97. The highest BCUT2D eigenvalue weighted by atomic mass is 16.5. The summed E-state index contributed by atoms with van der Waals surface area (Å²) in [5, 5.41) is 0. The molecule has 32 heavy (non-hydrogen) atoms. The van der Waals surface area contributed by atoms with E-state index in [1.54, 1.807) is 19.1 Å². The maximum absolute atomic E-state index is 13.1. The molecule has 0 saturated heterocycles. The first-order chi connectivity index (χ1) is 15.2. The average Bonchev–Trinajstić information content (AvgIpc) is 3.14. The van der Waals surface area contributed by atoms with Gasteiger partial charge in [-0.2, -0.15) is 0 Å². The Morgan fingerprint density at radius 1 is 1.00 bits per heavy atom. The lowest BCUT2D eigenvalue weighted by atomic mass is 9.44. The Balaban J connectivity index is 1.51. The van der Waals surface area contributed by atoms with Gasteiger partial charge in [-0.15, -0.1) is 0 Å². The van der Waals surface area contributed by atoms with Crippen LogP contribution in [0.5, 0.6) is 0 Å². The van der Waals surface area contributed by atoms with E-state index in [1.165, 1.54) is 0 Å². The minimum atomic E-state index is -0.300. The summed E-state index contributed by atoms with van der Waals surface area (Å²) in [6.45, 7) is 6.34. The molecule has 4 fully saturated rings. The Bertz CT molecular complexity index is 923. The summed E-state index contributed by atoms with van der Waals surface area (Å²) in [6.07, 6.45) is 7.12. The second-order valence-corrected chi connectivity index (χ2v) is 11.5. The van der Waals surface area contributed by atoms with Crippen LogP contribution in [-0.2, 0) is 14.3 Å². The van der Waals surface area contributed by atoms with Gasteiger partial charge in [0.05, 0.1) is 5.56 Å². The summed E-state index contributed by atoms with van der Waals surface area (Å²) >= 11 is 0. The first-order valence-electron chi connectivity index (χ1n) is 12.5. The molecule has 4 aliphatic carbocycles. The van der Waals surface area contributed by atoms with E-state index in [0.29, 0.717) is 47.9 Å². The highest BCUT2D eigenvalue weighted by Gasteiger charge is 2.65. The van der Waals surface area contributed by atoms with Crippen LogP contribution in [0.4, 0.5) is 0 Å². The van der Waals surface area contributed by atoms with E-state index < -0.39 is 0 Å². The van der Waals surface area contributed by atoms with Gasteiger partial charge in [-0.3, -0.25) is 9.59 Å². The van der Waals surface area contributed by atoms with E-state index in [1.807, 2.05) is 18.2 Å². The van der Waals surface area contributed by atoms with Gasteiger partial charge in [0.2, 0.25) is 0 Å². The van der Waals surface area contributed by atoms with Crippen LogP contribution in [0, 0.1) is 40.4 Å². The Kier molecular flexibility index (Phi) is 5.34. The van der Waals surface area contributed by atoms with Gasteiger partial charge in [-0.25, -0.2) is 4.79 Å². The summed E-state index contributed by atoms with van der Waals surface area (Å²) in [7, 11) is 0. The third-order valence-corrected chi connectivity index (χ3v) is 10.3. The molecule has 0 bridgehead atoms. The summed E-state index contributed by atoms with van der Waals surface area (Å²) in [4.78, 5) is 38.1. The number of hydrogen-bond acceptors (Lipinski definition) is 4. The van der Waals surface area contributed by atoms with E-state index >= 15 is 0 Å². The summed E-state index contributed by atoms with van der Waals surface area (Å²) in [6, 6.07) is 9.22. The van der Waals surface area contributed by atoms with Crippen molar-refractivity contribution in [1.82, 2.24) is 0 Å². The molecule has 4 nitrogen and oxygen atoms in total. The predicted molar refractivity (Wildman–Crippen MR) is 122 cm³/mol.